The lowest BCUT2D eigenvalue weighted by atomic mass is 10.4. The Hall–Kier alpha value is -0.370. The highest BCUT2D eigenvalue weighted by Crippen LogP contribution is 2.27. The molecule has 0 radical (unpaired) electrons. The Morgan fingerprint density at radius 1 is 1.39 bits per heavy atom. The Balaban J connectivity index is 2.87. The molecule has 0 heterocycles. The smallest absolute Gasteiger partial charge is 0.318 e. The summed E-state index contributed by atoms with van der Waals surface area (Å²) < 4.78 is 42.6. The SMILES string of the molecule is CCSc1ccccc1S(=O)(=O)OCO[PH](=O)O. The topological polar surface area (TPSA) is 89.9 Å². The molecule has 9 heteroatoms. The summed E-state index contributed by atoms with van der Waals surface area (Å²) in [6.45, 7) is 1.12. The van der Waals surface area contributed by atoms with E-state index >= 15 is 0 Å². The van der Waals surface area contributed by atoms with Gasteiger partial charge in [0.25, 0.3) is 10.1 Å². The molecule has 0 aliphatic heterocycles. The summed E-state index contributed by atoms with van der Waals surface area (Å²) in [6, 6.07) is 6.38. The lowest BCUT2D eigenvalue weighted by molar-refractivity contribution is 0.121. The second kappa shape index (κ2) is 7.28. The third kappa shape index (κ3) is 4.72. The van der Waals surface area contributed by atoms with E-state index in [1.54, 1.807) is 18.2 Å². The van der Waals surface area contributed by atoms with E-state index in [9.17, 15) is 13.0 Å². The van der Waals surface area contributed by atoms with Gasteiger partial charge in [-0.1, -0.05) is 19.1 Å². The van der Waals surface area contributed by atoms with Gasteiger partial charge in [0.15, 0.2) is 6.79 Å². The van der Waals surface area contributed by atoms with Gasteiger partial charge in [-0.2, -0.15) is 8.42 Å². The monoisotopic (exact) mass is 312 g/mol. The quantitative estimate of drug-likeness (QED) is 0.356. The van der Waals surface area contributed by atoms with Gasteiger partial charge in [-0.15, -0.1) is 11.8 Å². The summed E-state index contributed by atoms with van der Waals surface area (Å²) in [6.07, 6.45) is 0. The van der Waals surface area contributed by atoms with Crippen molar-refractivity contribution >= 4 is 30.1 Å². The zero-order chi connectivity index (χ0) is 13.6. The van der Waals surface area contributed by atoms with Gasteiger partial charge < -0.3 is 4.89 Å². The number of rotatable bonds is 7. The Morgan fingerprint density at radius 3 is 2.67 bits per heavy atom. The van der Waals surface area contributed by atoms with E-state index in [4.69, 9.17) is 4.89 Å². The minimum absolute atomic E-state index is 0.0260. The molecule has 102 valence electrons. The first kappa shape index (κ1) is 15.7. The van der Waals surface area contributed by atoms with Crippen LogP contribution >= 0.6 is 20.0 Å². The second-order valence-corrected chi connectivity index (χ2v) is 6.69. The Kier molecular flexibility index (Phi) is 6.34. The summed E-state index contributed by atoms with van der Waals surface area (Å²) in [5.74, 6) is 0.716. The average Bonchev–Trinajstić information content (AvgIpc) is 2.29. The third-order valence-corrected chi connectivity index (χ3v) is 4.55. The van der Waals surface area contributed by atoms with Crippen molar-refractivity contribution in [2.75, 3.05) is 12.5 Å². The van der Waals surface area contributed by atoms with Gasteiger partial charge in [-0.3, -0.25) is 9.09 Å². The van der Waals surface area contributed by atoms with Crippen molar-refractivity contribution in [3.8, 4) is 0 Å². The molecule has 0 amide bonds. The zero-order valence-electron chi connectivity index (χ0n) is 9.53. The summed E-state index contributed by atoms with van der Waals surface area (Å²) in [7, 11) is -7.19. The minimum atomic E-state index is -3.99. The molecule has 0 saturated carbocycles. The maximum atomic E-state index is 11.8. The molecule has 0 bridgehead atoms. The maximum Gasteiger partial charge on any atom is 0.318 e. The summed E-state index contributed by atoms with van der Waals surface area (Å²) >= 11 is 1.36. The number of hydrogen-bond donors (Lipinski definition) is 1. The van der Waals surface area contributed by atoms with Crippen LogP contribution in [0.5, 0.6) is 0 Å². The second-order valence-electron chi connectivity index (χ2n) is 2.98. The van der Waals surface area contributed by atoms with Gasteiger partial charge in [0.05, 0.1) is 0 Å². The fourth-order valence-electron chi connectivity index (χ4n) is 1.13. The average molecular weight is 312 g/mol. The first-order valence-electron chi connectivity index (χ1n) is 4.94. The van der Waals surface area contributed by atoms with Crippen LogP contribution in [-0.2, 0) is 23.4 Å². The predicted molar refractivity (Wildman–Crippen MR) is 68.3 cm³/mol. The Labute approximate surface area is 110 Å². The van der Waals surface area contributed by atoms with Crippen LogP contribution in [0.3, 0.4) is 0 Å². The molecule has 0 spiro atoms. The summed E-state index contributed by atoms with van der Waals surface area (Å²) in [4.78, 5) is 9.00. The van der Waals surface area contributed by atoms with E-state index in [1.165, 1.54) is 17.8 Å². The van der Waals surface area contributed by atoms with Crippen LogP contribution in [-0.4, -0.2) is 25.9 Å². The summed E-state index contributed by atoms with van der Waals surface area (Å²) in [5.41, 5.74) is 0. The van der Waals surface area contributed by atoms with Crippen LogP contribution in [0, 0.1) is 0 Å². The van der Waals surface area contributed by atoms with Crippen LogP contribution in [0.4, 0.5) is 0 Å². The van der Waals surface area contributed by atoms with E-state index in [0.717, 1.165) is 0 Å². The molecule has 1 rings (SSSR count). The van der Waals surface area contributed by atoms with Crippen molar-refractivity contribution in [1.29, 1.82) is 0 Å². The molecule has 18 heavy (non-hydrogen) atoms. The van der Waals surface area contributed by atoms with E-state index in [2.05, 4.69) is 8.71 Å². The van der Waals surface area contributed by atoms with Gasteiger partial charge in [-0.25, -0.2) is 4.18 Å². The highest BCUT2D eigenvalue weighted by Gasteiger charge is 2.19. The highest BCUT2D eigenvalue weighted by molar-refractivity contribution is 8.00. The third-order valence-electron chi connectivity index (χ3n) is 1.80. The van der Waals surface area contributed by atoms with Gasteiger partial charge in [0.1, 0.15) is 4.90 Å². The predicted octanol–water partition coefficient (Wildman–Crippen LogP) is 1.86. The number of hydrogen-bond acceptors (Lipinski definition) is 6. The van der Waals surface area contributed by atoms with Crippen molar-refractivity contribution in [3.63, 3.8) is 0 Å². The lowest BCUT2D eigenvalue weighted by Gasteiger charge is -2.09. The van der Waals surface area contributed by atoms with Crippen molar-refractivity contribution < 1.29 is 26.6 Å². The van der Waals surface area contributed by atoms with Gasteiger partial charge >= 0.3 is 8.25 Å². The highest BCUT2D eigenvalue weighted by atomic mass is 32.2. The fraction of sp³-hybridized carbons (Fsp3) is 0.333. The Morgan fingerprint density at radius 2 is 2.06 bits per heavy atom. The summed E-state index contributed by atoms with van der Waals surface area (Å²) in [5, 5.41) is 0. The van der Waals surface area contributed by atoms with E-state index in [0.29, 0.717) is 10.6 Å². The molecule has 1 N–H and O–H groups in total. The molecule has 1 aromatic rings. The molecule has 6 nitrogen and oxygen atoms in total. The van der Waals surface area contributed by atoms with E-state index in [1.807, 2.05) is 6.92 Å². The molecule has 0 fully saturated rings. The van der Waals surface area contributed by atoms with E-state index in [-0.39, 0.29) is 4.90 Å². The maximum absolute atomic E-state index is 11.8. The van der Waals surface area contributed by atoms with Crippen LogP contribution in [0.25, 0.3) is 0 Å². The molecule has 1 unspecified atom stereocenters. The van der Waals surface area contributed by atoms with Crippen molar-refractivity contribution in [1.82, 2.24) is 0 Å². The van der Waals surface area contributed by atoms with Crippen LogP contribution in [0.2, 0.25) is 0 Å². The van der Waals surface area contributed by atoms with E-state index < -0.39 is 25.2 Å². The first-order chi connectivity index (χ1) is 8.47. The lowest BCUT2D eigenvalue weighted by Crippen LogP contribution is -2.09. The van der Waals surface area contributed by atoms with Crippen molar-refractivity contribution in [2.45, 2.75) is 16.7 Å². The molecule has 0 aliphatic rings. The fourth-order valence-corrected chi connectivity index (χ4v) is 3.42. The normalized spacial score (nSPS) is 13.4. The van der Waals surface area contributed by atoms with Crippen LogP contribution in [0.1, 0.15) is 6.92 Å². The standard InChI is InChI=1S/C9H13O6PS2/c1-2-17-8-5-3-4-6-9(8)18(12,13)15-7-14-16(10)11/h3-6,16H,2,7H2,1H3,(H,10,11). The molecule has 1 atom stereocenters. The van der Waals surface area contributed by atoms with Crippen molar-refractivity contribution in [2.24, 2.45) is 0 Å². The molecule has 0 saturated heterocycles. The minimum Gasteiger partial charge on any atom is -0.326 e. The molecular formula is C9H13O6PS2. The molecule has 0 aromatic heterocycles. The molecule has 0 aliphatic carbocycles. The van der Waals surface area contributed by atoms with Gasteiger partial charge in [-0.05, 0) is 17.9 Å². The largest absolute Gasteiger partial charge is 0.326 e. The van der Waals surface area contributed by atoms with Crippen LogP contribution in [0.15, 0.2) is 34.1 Å². The van der Waals surface area contributed by atoms with Crippen molar-refractivity contribution in [3.05, 3.63) is 24.3 Å². The number of benzene rings is 1. The first-order valence-corrected chi connectivity index (χ1v) is 8.60. The Bertz CT molecular complexity index is 516. The zero-order valence-corrected chi connectivity index (χ0v) is 12.2. The molecule has 1 aromatic carbocycles. The van der Waals surface area contributed by atoms with Crippen LogP contribution < -0.4 is 0 Å². The number of thioether (sulfide) groups is 1. The molecular weight excluding hydrogens is 299 g/mol. The van der Waals surface area contributed by atoms with Gasteiger partial charge in [0.2, 0.25) is 0 Å². The van der Waals surface area contributed by atoms with Gasteiger partial charge in [0, 0.05) is 4.90 Å².